The molecule has 0 unspecified atom stereocenters. The molecule has 5 nitrogen and oxygen atoms in total. The molecule has 20 heavy (non-hydrogen) atoms. The summed E-state index contributed by atoms with van der Waals surface area (Å²) in [7, 11) is 0. The Hall–Kier alpha value is -1.14. The quantitative estimate of drug-likeness (QED) is 0.905. The molecular weight excluding hydrogens is 274 g/mol. The van der Waals surface area contributed by atoms with Crippen LogP contribution in [0.15, 0.2) is 6.20 Å². The van der Waals surface area contributed by atoms with E-state index < -0.39 is 0 Å². The number of aromatic nitrogens is 1. The molecule has 0 bridgehead atoms. The van der Waals surface area contributed by atoms with E-state index in [9.17, 15) is 4.79 Å². The molecule has 2 heterocycles. The topological polar surface area (TPSA) is 54.5 Å². The van der Waals surface area contributed by atoms with Crippen LogP contribution in [-0.2, 0) is 11.2 Å². The molecule has 1 N–H and O–H groups in total. The molecule has 1 aromatic rings. The van der Waals surface area contributed by atoms with Crippen LogP contribution in [0.2, 0.25) is 0 Å². The highest BCUT2D eigenvalue weighted by atomic mass is 32.1. The molecule has 1 aromatic heterocycles. The molecule has 0 aromatic carbocycles. The van der Waals surface area contributed by atoms with Crippen molar-refractivity contribution in [1.82, 2.24) is 15.2 Å². The normalized spacial score (nSPS) is 16.4. The summed E-state index contributed by atoms with van der Waals surface area (Å²) >= 11 is 1.76. The van der Waals surface area contributed by atoms with Crippen LogP contribution in [-0.4, -0.2) is 48.3 Å². The van der Waals surface area contributed by atoms with Gasteiger partial charge in [0.05, 0.1) is 11.6 Å². The molecule has 1 fully saturated rings. The lowest BCUT2D eigenvalue weighted by Gasteiger charge is -2.31. The molecule has 6 heteroatoms. The number of carbonyl (C=O) groups is 1. The lowest BCUT2D eigenvalue weighted by atomic mass is 10.1. The largest absolute Gasteiger partial charge is 0.450 e. The maximum atomic E-state index is 11.6. The van der Waals surface area contributed by atoms with Crippen molar-refractivity contribution in [3.63, 3.8) is 0 Å². The number of nitrogens with one attached hydrogen (secondary N) is 1. The minimum atomic E-state index is -0.177. The first-order valence-corrected chi connectivity index (χ1v) is 8.07. The molecular formula is C14H23N3O2S. The highest BCUT2D eigenvalue weighted by molar-refractivity contribution is 7.11. The SMILES string of the molecule is CCOC(=O)N1CCC(NCCc2ncc(C)s2)CC1. The number of nitrogens with zero attached hydrogens (tertiary/aromatic N) is 2. The maximum Gasteiger partial charge on any atom is 0.409 e. The van der Waals surface area contributed by atoms with Gasteiger partial charge in [0.25, 0.3) is 0 Å². The smallest absolute Gasteiger partial charge is 0.409 e. The Balaban J connectivity index is 1.63. The lowest BCUT2D eigenvalue weighted by Crippen LogP contribution is -2.45. The van der Waals surface area contributed by atoms with Gasteiger partial charge in [-0.25, -0.2) is 9.78 Å². The van der Waals surface area contributed by atoms with Gasteiger partial charge in [-0.3, -0.25) is 0 Å². The fourth-order valence-electron chi connectivity index (χ4n) is 2.38. The van der Waals surface area contributed by atoms with E-state index in [2.05, 4.69) is 17.2 Å². The van der Waals surface area contributed by atoms with E-state index in [0.717, 1.165) is 38.9 Å². The lowest BCUT2D eigenvalue weighted by molar-refractivity contribution is 0.0952. The number of aryl methyl sites for hydroxylation is 1. The third-order valence-corrected chi connectivity index (χ3v) is 4.43. The van der Waals surface area contributed by atoms with Crippen LogP contribution in [0.3, 0.4) is 0 Å². The second kappa shape index (κ2) is 7.59. The maximum absolute atomic E-state index is 11.6. The van der Waals surface area contributed by atoms with E-state index >= 15 is 0 Å². The van der Waals surface area contributed by atoms with Crippen molar-refractivity contribution in [2.75, 3.05) is 26.2 Å². The van der Waals surface area contributed by atoms with E-state index in [-0.39, 0.29) is 6.09 Å². The first kappa shape index (κ1) is 15.3. The molecule has 1 amide bonds. The van der Waals surface area contributed by atoms with Crippen molar-refractivity contribution < 1.29 is 9.53 Å². The fourth-order valence-corrected chi connectivity index (χ4v) is 3.17. The van der Waals surface area contributed by atoms with Gasteiger partial charge in [-0.15, -0.1) is 11.3 Å². The minimum Gasteiger partial charge on any atom is -0.450 e. The van der Waals surface area contributed by atoms with Gasteiger partial charge in [0, 0.05) is 43.2 Å². The average Bonchev–Trinajstić information content (AvgIpc) is 2.85. The Kier molecular flexibility index (Phi) is 5.79. The van der Waals surface area contributed by atoms with Gasteiger partial charge < -0.3 is 15.0 Å². The van der Waals surface area contributed by atoms with Crippen LogP contribution in [0.1, 0.15) is 29.7 Å². The number of likely N-dealkylation sites (tertiary alicyclic amines) is 1. The van der Waals surface area contributed by atoms with Gasteiger partial charge in [-0.2, -0.15) is 0 Å². The second-order valence-electron chi connectivity index (χ2n) is 5.03. The van der Waals surface area contributed by atoms with Gasteiger partial charge in [0.1, 0.15) is 0 Å². The summed E-state index contributed by atoms with van der Waals surface area (Å²) in [6, 6.07) is 0.502. The molecule has 2 rings (SSSR count). The van der Waals surface area contributed by atoms with Crippen LogP contribution >= 0.6 is 11.3 Å². The van der Waals surface area contributed by atoms with Crippen molar-refractivity contribution >= 4 is 17.4 Å². The minimum absolute atomic E-state index is 0.177. The van der Waals surface area contributed by atoms with Crippen LogP contribution in [0.25, 0.3) is 0 Å². The predicted octanol–water partition coefficient (Wildman–Crippen LogP) is 2.20. The van der Waals surface area contributed by atoms with Crippen molar-refractivity contribution in [3.05, 3.63) is 16.1 Å². The predicted molar refractivity (Wildman–Crippen MR) is 80.2 cm³/mol. The number of piperidine rings is 1. The zero-order valence-electron chi connectivity index (χ0n) is 12.2. The number of ether oxygens (including phenoxy) is 1. The van der Waals surface area contributed by atoms with Crippen LogP contribution in [0.5, 0.6) is 0 Å². The van der Waals surface area contributed by atoms with Crippen molar-refractivity contribution in [2.45, 2.75) is 39.2 Å². The van der Waals surface area contributed by atoms with Gasteiger partial charge >= 0.3 is 6.09 Å². The number of carbonyl (C=O) groups excluding carboxylic acids is 1. The van der Waals surface area contributed by atoms with Gasteiger partial charge in [-0.05, 0) is 26.7 Å². The van der Waals surface area contributed by atoms with E-state index in [1.54, 1.807) is 16.2 Å². The summed E-state index contributed by atoms with van der Waals surface area (Å²) < 4.78 is 5.02. The summed E-state index contributed by atoms with van der Waals surface area (Å²) in [6.45, 7) is 6.90. The van der Waals surface area contributed by atoms with Crippen molar-refractivity contribution in [2.24, 2.45) is 0 Å². The van der Waals surface area contributed by atoms with Gasteiger partial charge in [0.15, 0.2) is 0 Å². The highest BCUT2D eigenvalue weighted by Gasteiger charge is 2.22. The molecule has 0 aliphatic carbocycles. The molecule has 112 valence electrons. The van der Waals surface area contributed by atoms with Crippen molar-refractivity contribution in [3.8, 4) is 0 Å². The third kappa shape index (κ3) is 4.45. The van der Waals surface area contributed by atoms with E-state index in [4.69, 9.17) is 4.74 Å². The van der Waals surface area contributed by atoms with Crippen molar-refractivity contribution in [1.29, 1.82) is 0 Å². The number of amides is 1. The zero-order chi connectivity index (χ0) is 14.4. The molecule has 0 radical (unpaired) electrons. The summed E-state index contributed by atoms with van der Waals surface area (Å²) in [5.74, 6) is 0. The zero-order valence-corrected chi connectivity index (χ0v) is 13.0. The first-order valence-electron chi connectivity index (χ1n) is 7.25. The molecule has 1 aliphatic heterocycles. The van der Waals surface area contributed by atoms with Crippen LogP contribution in [0, 0.1) is 6.92 Å². The number of rotatable bonds is 5. The fraction of sp³-hybridized carbons (Fsp3) is 0.714. The molecule has 1 saturated heterocycles. The number of hydrogen-bond acceptors (Lipinski definition) is 5. The van der Waals surface area contributed by atoms with Gasteiger partial charge in [-0.1, -0.05) is 0 Å². The molecule has 0 spiro atoms. The standard InChI is InChI=1S/C14H23N3O2S/c1-3-19-14(18)17-8-5-12(6-9-17)15-7-4-13-16-10-11(2)20-13/h10,12,15H,3-9H2,1-2H3. The third-order valence-electron chi connectivity index (χ3n) is 3.46. The van der Waals surface area contributed by atoms with Crippen LogP contribution < -0.4 is 5.32 Å². The first-order chi connectivity index (χ1) is 9.69. The number of hydrogen-bond donors (Lipinski definition) is 1. The summed E-state index contributed by atoms with van der Waals surface area (Å²) in [5, 5.41) is 4.75. The average molecular weight is 297 g/mol. The highest BCUT2D eigenvalue weighted by Crippen LogP contribution is 2.13. The summed E-state index contributed by atoms with van der Waals surface area (Å²) in [6.07, 6.45) is 4.73. The van der Waals surface area contributed by atoms with E-state index in [1.807, 2.05) is 13.1 Å². The Morgan fingerprint density at radius 1 is 1.55 bits per heavy atom. The number of thiazole rings is 1. The Labute approximate surface area is 124 Å². The van der Waals surface area contributed by atoms with E-state index in [0.29, 0.717) is 12.6 Å². The summed E-state index contributed by atoms with van der Waals surface area (Å²) in [4.78, 5) is 19.0. The van der Waals surface area contributed by atoms with Gasteiger partial charge in [0.2, 0.25) is 0 Å². The summed E-state index contributed by atoms with van der Waals surface area (Å²) in [5.41, 5.74) is 0. The Bertz CT molecular complexity index is 428. The molecule has 0 atom stereocenters. The second-order valence-corrected chi connectivity index (χ2v) is 6.35. The van der Waals surface area contributed by atoms with Crippen LogP contribution in [0.4, 0.5) is 4.79 Å². The molecule has 0 saturated carbocycles. The molecule has 1 aliphatic rings. The Morgan fingerprint density at radius 2 is 2.30 bits per heavy atom. The monoisotopic (exact) mass is 297 g/mol. The Morgan fingerprint density at radius 3 is 2.90 bits per heavy atom. The van der Waals surface area contributed by atoms with E-state index in [1.165, 1.54) is 9.88 Å².